The number of nitro groups is 2. The van der Waals surface area contributed by atoms with Gasteiger partial charge in [0.25, 0.3) is 11.4 Å². The molecular formula is C24H41N9O7. The molecule has 0 saturated carbocycles. The molecule has 0 bridgehead atoms. The maximum absolute atomic E-state index is 13.0. The third kappa shape index (κ3) is 12.3. The van der Waals surface area contributed by atoms with Crippen molar-refractivity contribution in [3.8, 4) is 0 Å². The molecule has 0 spiro atoms. The number of nitrogens with zero attached hydrogens (tertiary/aromatic N) is 2. The molecule has 16 nitrogen and oxygen atoms in total. The number of nitro benzene ring substituents is 2. The second kappa shape index (κ2) is 18.4. The van der Waals surface area contributed by atoms with Gasteiger partial charge in [0.1, 0.15) is 17.8 Å². The number of nitrogens with two attached hydrogens (primary N) is 4. The highest BCUT2D eigenvalue weighted by atomic mass is 16.6. The summed E-state index contributed by atoms with van der Waals surface area (Å²) in [7, 11) is 0. The van der Waals surface area contributed by atoms with Crippen LogP contribution < -0.4 is 38.9 Å². The minimum Gasteiger partial charge on any atom is -0.379 e. The molecule has 1 aromatic carbocycles. The van der Waals surface area contributed by atoms with Gasteiger partial charge in [-0.05, 0) is 70.5 Å². The average Bonchev–Trinajstić information content (AvgIpc) is 2.91. The van der Waals surface area contributed by atoms with Crippen molar-refractivity contribution in [1.29, 1.82) is 0 Å². The zero-order valence-corrected chi connectivity index (χ0v) is 22.5. The fourth-order valence-electron chi connectivity index (χ4n) is 3.87. The molecule has 40 heavy (non-hydrogen) atoms. The van der Waals surface area contributed by atoms with Crippen molar-refractivity contribution >= 4 is 34.8 Å². The summed E-state index contributed by atoms with van der Waals surface area (Å²) in [6.07, 6.45) is 4.29. The van der Waals surface area contributed by atoms with Crippen LogP contribution in [0.15, 0.2) is 18.2 Å². The largest absolute Gasteiger partial charge is 0.379 e. The van der Waals surface area contributed by atoms with Crippen LogP contribution in [0.2, 0.25) is 0 Å². The minimum atomic E-state index is -1.00. The Morgan fingerprint density at radius 2 is 1.38 bits per heavy atom. The van der Waals surface area contributed by atoms with Gasteiger partial charge in [-0.3, -0.25) is 34.6 Å². The van der Waals surface area contributed by atoms with Crippen molar-refractivity contribution in [2.75, 3.05) is 25.0 Å². The number of hydrogen-bond acceptors (Lipinski definition) is 11. The van der Waals surface area contributed by atoms with E-state index in [-0.39, 0.29) is 18.7 Å². The summed E-state index contributed by atoms with van der Waals surface area (Å²) in [4.78, 5) is 58.3. The van der Waals surface area contributed by atoms with Crippen molar-refractivity contribution in [3.63, 3.8) is 0 Å². The molecule has 11 N–H and O–H groups in total. The first-order chi connectivity index (χ1) is 19.0. The molecule has 0 aromatic heterocycles. The van der Waals surface area contributed by atoms with E-state index in [9.17, 15) is 34.6 Å². The predicted octanol–water partition coefficient (Wildman–Crippen LogP) is 0.125. The molecular weight excluding hydrogens is 526 g/mol. The van der Waals surface area contributed by atoms with Crippen LogP contribution in [-0.4, -0.2) is 65.3 Å². The van der Waals surface area contributed by atoms with Gasteiger partial charge in [-0.15, -0.1) is 0 Å². The van der Waals surface area contributed by atoms with E-state index in [2.05, 4.69) is 16.0 Å². The fraction of sp³-hybridized carbons (Fsp3) is 0.625. The highest BCUT2D eigenvalue weighted by Gasteiger charge is 2.27. The second-order valence-electron chi connectivity index (χ2n) is 9.34. The molecule has 0 aliphatic carbocycles. The number of primary amides is 1. The lowest BCUT2D eigenvalue weighted by Crippen LogP contribution is -2.55. The summed E-state index contributed by atoms with van der Waals surface area (Å²) < 4.78 is 0. The third-order valence-electron chi connectivity index (χ3n) is 6.17. The lowest BCUT2D eigenvalue weighted by atomic mass is 10.0. The Balaban J connectivity index is 2.83. The van der Waals surface area contributed by atoms with E-state index in [1.165, 1.54) is 6.07 Å². The monoisotopic (exact) mass is 567 g/mol. The van der Waals surface area contributed by atoms with E-state index in [0.29, 0.717) is 64.5 Å². The highest BCUT2D eigenvalue weighted by Crippen LogP contribution is 2.28. The number of rotatable bonds is 21. The van der Waals surface area contributed by atoms with Gasteiger partial charge in [0, 0.05) is 12.6 Å². The molecule has 0 radical (unpaired) electrons. The van der Waals surface area contributed by atoms with Gasteiger partial charge in [-0.1, -0.05) is 6.42 Å². The third-order valence-corrected chi connectivity index (χ3v) is 6.17. The predicted molar refractivity (Wildman–Crippen MR) is 149 cm³/mol. The molecule has 0 heterocycles. The minimum absolute atomic E-state index is 0.114. The molecule has 1 aromatic rings. The SMILES string of the molecule is NCCCC[C@H](NC(=O)[C@H](CCCCNc1ccc([N+](=O)[O-])cc1[N+](=O)[O-])NC(=O)[C@@H](N)CCCCN)C(N)=O. The topological polar surface area (TPSA) is 278 Å². The standard InChI is InChI=1S/C24H41N9O7/c25-12-4-1-7-17(27)23(35)31-20(24(36)30-19(22(28)34)8-2-5-13-26)9-3-6-14-29-18-11-10-16(32(37)38)15-21(18)33(39)40/h10-11,15,17,19-20,29H,1-9,12-14,25-27H2,(H2,28,34)(H,30,36)(H,31,35)/t17-,19-,20-/m0/s1. The van der Waals surface area contributed by atoms with Crippen LogP contribution in [0.25, 0.3) is 0 Å². The highest BCUT2D eigenvalue weighted by molar-refractivity contribution is 5.92. The van der Waals surface area contributed by atoms with Crippen molar-refractivity contribution in [3.05, 3.63) is 38.4 Å². The van der Waals surface area contributed by atoms with Gasteiger partial charge in [-0.2, -0.15) is 0 Å². The maximum atomic E-state index is 13.0. The van der Waals surface area contributed by atoms with Crippen molar-refractivity contribution in [2.45, 2.75) is 75.9 Å². The van der Waals surface area contributed by atoms with Crippen LogP contribution in [0.4, 0.5) is 17.1 Å². The summed E-state index contributed by atoms with van der Waals surface area (Å²) >= 11 is 0. The number of benzene rings is 1. The van der Waals surface area contributed by atoms with E-state index >= 15 is 0 Å². The molecule has 0 aliphatic rings. The first kappa shape index (κ1) is 34.1. The van der Waals surface area contributed by atoms with E-state index in [0.717, 1.165) is 12.1 Å². The summed E-state index contributed by atoms with van der Waals surface area (Å²) in [5.41, 5.74) is 21.7. The van der Waals surface area contributed by atoms with E-state index < -0.39 is 57.1 Å². The molecule has 0 fully saturated rings. The Hall–Kier alpha value is -3.89. The van der Waals surface area contributed by atoms with E-state index in [1.54, 1.807) is 0 Å². The average molecular weight is 568 g/mol. The fourth-order valence-corrected chi connectivity index (χ4v) is 3.87. The first-order valence-corrected chi connectivity index (χ1v) is 13.2. The van der Waals surface area contributed by atoms with Gasteiger partial charge in [0.2, 0.25) is 17.7 Å². The Labute approximate surface area is 232 Å². The van der Waals surface area contributed by atoms with Crippen LogP contribution in [0.1, 0.15) is 57.8 Å². The van der Waals surface area contributed by atoms with Crippen LogP contribution >= 0.6 is 0 Å². The van der Waals surface area contributed by atoms with Crippen LogP contribution in [0, 0.1) is 20.2 Å². The van der Waals surface area contributed by atoms with Crippen molar-refractivity contribution in [1.82, 2.24) is 10.6 Å². The van der Waals surface area contributed by atoms with Crippen molar-refractivity contribution < 1.29 is 24.2 Å². The number of non-ortho nitro benzene ring substituents is 1. The number of anilines is 1. The zero-order chi connectivity index (χ0) is 30.1. The molecule has 224 valence electrons. The number of carbonyl (C=O) groups is 3. The normalized spacial score (nSPS) is 13.1. The van der Waals surface area contributed by atoms with Gasteiger partial charge in [-0.25, -0.2) is 0 Å². The van der Waals surface area contributed by atoms with E-state index in [1.807, 2.05) is 0 Å². The van der Waals surface area contributed by atoms with Gasteiger partial charge < -0.3 is 38.9 Å². The second-order valence-corrected chi connectivity index (χ2v) is 9.34. The van der Waals surface area contributed by atoms with Crippen LogP contribution in [-0.2, 0) is 14.4 Å². The molecule has 0 saturated heterocycles. The van der Waals surface area contributed by atoms with Gasteiger partial charge >= 0.3 is 0 Å². The summed E-state index contributed by atoms with van der Waals surface area (Å²) in [6, 6.07) is 0.511. The Kier molecular flexibility index (Phi) is 15.7. The quantitative estimate of drug-likeness (QED) is 0.0595. The molecule has 3 amide bonds. The Bertz CT molecular complexity index is 1010. The number of unbranched alkanes of at least 4 members (excludes halogenated alkanes) is 3. The lowest BCUT2D eigenvalue weighted by Gasteiger charge is -2.23. The summed E-state index contributed by atoms with van der Waals surface area (Å²) in [5.74, 6) is -1.81. The van der Waals surface area contributed by atoms with Crippen molar-refractivity contribution in [2.24, 2.45) is 22.9 Å². The van der Waals surface area contributed by atoms with Crippen LogP contribution in [0.5, 0.6) is 0 Å². The molecule has 16 heteroatoms. The zero-order valence-electron chi connectivity index (χ0n) is 22.5. The molecule has 0 aliphatic heterocycles. The van der Waals surface area contributed by atoms with Gasteiger partial charge in [0.05, 0.1) is 22.0 Å². The number of hydrogen-bond donors (Lipinski definition) is 7. The Morgan fingerprint density at radius 1 is 0.800 bits per heavy atom. The summed E-state index contributed by atoms with van der Waals surface area (Å²) in [6.45, 7) is 1.15. The van der Waals surface area contributed by atoms with Gasteiger partial charge in [0.15, 0.2) is 0 Å². The molecule has 1 rings (SSSR count). The number of nitrogens with one attached hydrogen (secondary N) is 3. The smallest absolute Gasteiger partial charge is 0.299 e. The number of carbonyl (C=O) groups excluding carboxylic acids is 3. The van der Waals surface area contributed by atoms with Crippen LogP contribution in [0.3, 0.4) is 0 Å². The summed E-state index contributed by atoms with van der Waals surface area (Å²) in [5, 5.41) is 30.4. The lowest BCUT2D eigenvalue weighted by molar-refractivity contribution is -0.393. The Morgan fingerprint density at radius 3 is 1.95 bits per heavy atom. The molecule has 3 atom stereocenters. The first-order valence-electron chi connectivity index (χ1n) is 13.2. The molecule has 0 unspecified atom stereocenters. The number of amides is 3. The van der Waals surface area contributed by atoms with E-state index in [4.69, 9.17) is 22.9 Å². The maximum Gasteiger partial charge on any atom is 0.299 e.